The number of hydrogen-bond donors (Lipinski definition) is 1. The van der Waals surface area contributed by atoms with Gasteiger partial charge in [0.05, 0.1) is 11.4 Å². The molecule has 94 valence electrons. The molecule has 2 N–H and O–H groups in total. The molecule has 0 unspecified atom stereocenters. The highest BCUT2D eigenvalue weighted by Gasteiger charge is 2.09. The molecule has 0 heterocycles. The van der Waals surface area contributed by atoms with Crippen LogP contribution in [0.5, 0.6) is 0 Å². The van der Waals surface area contributed by atoms with Crippen molar-refractivity contribution < 1.29 is 4.79 Å². The Morgan fingerprint density at radius 1 is 1.05 bits per heavy atom. The predicted octanol–water partition coefficient (Wildman–Crippen LogP) is 4.05. The van der Waals surface area contributed by atoms with Crippen molar-refractivity contribution in [3.63, 3.8) is 0 Å². The van der Waals surface area contributed by atoms with Crippen LogP contribution in [0.4, 0.5) is 17.1 Å². The van der Waals surface area contributed by atoms with E-state index >= 15 is 0 Å². The summed E-state index contributed by atoms with van der Waals surface area (Å²) in [5.74, 6) is -0.228. The number of allylic oxidation sites excluding steroid dienone is 1. The highest BCUT2D eigenvalue weighted by atomic mass is 16.1. The SMILES string of the molecule is C=CC(=O)c1cccc(N=Nc2ccccc2)c1N. The van der Waals surface area contributed by atoms with Gasteiger partial charge in [-0.2, -0.15) is 5.11 Å². The van der Waals surface area contributed by atoms with Gasteiger partial charge in [0.1, 0.15) is 5.69 Å². The van der Waals surface area contributed by atoms with Crippen LogP contribution in [0.25, 0.3) is 0 Å². The number of nitrogens with zero attached hydrogens (tertiary/aromatic N) is 2. The summed E-state index contributed by atoms with van der Waals surface area (Å²) in [6.45, 7) is 3.44. The Hall–Kier alpha value is -2.75. The largest absolute Gasteiger partial charge is 0.396 e. The molecular weight excluding hydrogens is 238 g/mol. The molecular formula is C15H13N3O. The van der Waals surface area contributed by atoms with Crippen LogP contribution < -0.4 is 5.73 Å². The van der Waals surface area contributed by atoms with Gasteiger partial charge in [-0.3, -0.25) is 4.79 Å². The molecule has 0 saturated carbocycles. The standard InChI is InChI=1S/C15H13N3O/c1-2-14(19)12-9-6-10-13(15(12)16)18-17-11-7-4-3-5-8-11/h2-10H,1,16H2. The van der Waals surface area contributed by atoms with Crippen molar-refractivity contribution >= 4 is 22.8 Å². The van der Waals surface area contributed by atoms with Crippen LogP contribution in [0.15, 0.2) is 71.4 Å². The molecule has 0 spiro atoms. The molecule has 0 fully saturated rings. The van der Waals surface area contributed by atoms with Crippen molar-refractivity contribution in [2.45, 2.75) is 0 Å². The Morgan fingerprint density at radius 2 is 1.79 bits per heavy atom. The van der Waals surface area contributed by atoms with Crippen molar-refractivity contribution in [1.29, 1.82) is 0 Å². The molecule has 2 aromatic rings. The Bertz CT molecular complexity index is 633. The normalized spacial score (nSPS) is 10.5. The molecule has 0 aliphatic carbocycles. The number of anilines is 1. The minimum Gasteiger partial charge on any atom is -0.396 e. The van der Waals surface area contributed by atoms with E-state index in [1.54, 1.807) is 18.2 Å². The zero-order chi connectivity index (χ0) is 13.7. The maximum Gasteiger partial charge on any atom is 0.187 e. The summed E-state index contributed by atoms with van der Waals surface area (Å²) < 4.78 is 0. The fourth-order valence-corrected chi connectivity index (χ4v) is 1.57. The minimum atomic E-state index is -0.228. The molecule has 19 heavy (non-hydrogen) atoms. The van der Waals surface area contributed by atoms with Gasteiger partial charge in [-0.05, 0) is 30.3 Å². The summed E-state index contributed by atoms with van der Waals surface area (Å²) in [5.41, 5.74) is 7.80. The average Bonchev–Trinajstić information content (AvgIpc) is 2.46. The Kier molecular flexibility index (Phi) is 3.83. The summed E-state index contributed by atoms with van der Waals surface area (Å²) in [4.78, 5) is 11.6. The third-order valence-corrected chi connectivity index (χ3v) is 2.56. The zero-order valence-corrected chi connectivity index (χ0v) is 10.3. The van der Waals surface area contributed by atoms with E-state index in [4.69, 9.17) is 5.73 Å². The number of carbonyl (C=O) groups excluding carboxylic acids is 1. The second kappa shape index (κ2) is 5.73. The van der Waals surface area contributed by atoms with Crippen LogP contribution in [0.1, 0.15) is 10.4 Å². The van der Waals surface area contributed by atoms with E-state index in [2.05, 4.69) is 16.8 Å². The second-order valence-electron chi connectivity index (χ2n) is 3.84. The van der Waals surface area contributed by atoms with E-state index in [9.17, 15) is 4.79 Å². The molecule has 0 aliphatic rings. The maximum atomic E-state index is 11.6. The number of nitrogen functional groups attached to an aromatic ring is 1. The van der Waals surface area contributed by atoms with Gasteiger partial charge in [-0.1, -0.05) is 30.8 Å². The third-order valence-electron chi connectivity index (χ3n) is 2.56. The lowest BCUT2D eigenvalue weighted by Gasteiger charge is -2.03. The smallest absolute Gasteiger partial charge is 0.187 e. The van der Waals surface area contributed by atoms with Gasteiger partial charge < -0.3 is 5.73 Å². The van der Waals surface area contributed by atoms with Crippen LogP contribution in [0.3, 0.4) is 0 Å². The summed E-state index contributed by atoms with van der Waals surface area (Å²) in [7, 11) is 0. The van der Waals surface area contributed by atoms with E-state index in [-0.39, 0.29) is 5.78 Å². The summed E-state index contributed by atoms with van der Waals surface area (Å²) in [6, 6.07) is 14.4. The van der Waals surface area contributed by atoms with Gasteiger partial charge in [-0.15, -0.1) is 5.11 Å². The predicted molar refractivity (Wildman–Crippen MR) is 76.0 cm³/mol. The Balaban J connectivity index is 2.34. The topological polar surface area (TPSA) is 67.8 Å². The minimum absolute atomic E-state index is 0.228. The van der Waals surface area contributed by atoms with Crippen molar-refractivity contribution in [3.05, 3.63) is 66.7 Å². The van der Waals surface area contributed by atoms with Gasteiger partial charge in [0.2, 0.25) is 0 Å². The molecule has 2 rings (SSSR count). The van der Waals surface area contributed by atoms with Gasteiger partial charge >= 0.3 is 0 Å². The fourth-order valence-electron chi connectivity index (χ4n) is 1.57. The van der Waals surface area contributed by atoms with Crippen LogP contribution in [-0.2, 0) is 0 Å². The Labute approximate surface area is 111 Å². The van der Waals surface area contributed by atoms with Gasteiger partial charge in [0.15, 0.2) is 5.78 Å². The molecule has 0 bridgehead atoms. The first kappa shape index (κ1) is 12.7. The first-order valence-electron chi connectivity index (χ1n) is 5.74. The lowest BCUT2D eigenvalue weighted by molar-refractivity contribution is 0.104. The highest BCUT2D eigenvalue weighted by Crippen LogP contribution is 2.27. The van der Waals surface area contributed by atoms with E-state index < -0.39 is 0 Å². The van der Waals surface area contributed by atoms with Crippen molar-refractivity contribution in [2.75, 3.05) is 5.73 Å². The average molecular weight is 251 g/mol. The molecule has 0 amide bonds. The van der Waals surface area contributed by atoms with Crippen LogP contribution in [0, 0.1) is 0 Å². The lowest BCUT2D eigenvalue weighted by atomic mass is 10.1. The van der Waals surface area contributed by atoms with E-state index in [1.165, 1.54) is 6.08 Å². The molecule has 4 heteroatoms. The quantitative estimate of drug-likeness (QED) is 0.385. The van der Waals surface area contributed by atoms with Crippen molar-refractivity contribution in [2.24, 2.45) is 10.2 Å². The number of hydrogen-bond acceptors (Lipinski definition) is 4. The van der Waals surface area contributed by atoms with E-state index in [1.807, 2.05) is 30.3 Å². The molecule has 4 nitrogen and oxygen atoms in total. The number of ketones is 1. The number of para-hydroxylation sites is 1. The van der Waals surface area contributed by atoms with Gasteiger partial charge in [-0.25, -0.2) is 0 Å². The number of azo groups is 1. The van der Waals surface area contributed by atoms with E-state index in [0.717, 1.165) is 5.69 Å². The maximum absolute atomic E-state index is 11.6. The summed E-state index contributed by atoms with van der Waals surface area (Å²) in [5, 5.41) is 8.14. The number of carbonyl (C=O) groups is 1. The van der Waals surface area contributed by atoms with Gasteiger partial charge in [0, 0.05) is 5.56 Å². The lowest BCUT2D eigenvalue weighted by Crippen LogP contribution is -2.00. The van der Waals surface area contributed by atoms with Crippen molar-refractivity contribution in [3.8, 4) is 0 Å². The molecule has 0 saturated heterocycles. The van der Waals surface area contributed by atoms with Crippen LogP contribution in [0.2, 0.25) is 0 Å². The van der Waals surface area contributed by atoms with E-state index in [0.29, 0.717) is 16.9 Å². The third kappa shape index (κ3) is 2.93. The summed E-state index contributed by atoms with van der Waals surface area (Å²) >= 11 is 0. The number of rotatable bonds is 4. The molecule has 0 atom stereocenters. The molecule has 0 aliphatic heterocycles. The monoisotopic (exact) mass is 251 g/mol. The number of nitrogens with two attached hydrogens (primary N) is 1. The summed E-state index contributed by atoms with van der Waals surface area (Å²) in [6.07, 6.45) is 1.23. The zero-order valence-electron chi connectivity index (χ0n) is 10.3. The molecule has 0 radical (unpaired) electrons. The van der Waals surface area contributed by atoms with Crippen molar-refractivity contribution in [1.82, 2.24) is 0 Å². The first-order valence-corrected chi connectivity index (χ1v) is 5.74. The Morgan fingerprint density at radius 3 is 2.47 bits per heavy atom. The van der Waals surface area contributed by atoms with Crippen LogP contribution >= 0.6 is 0 Å². The first-order chi connectivity index (χ1) is 9.22. The van der Waals surface area contributed by atoms with Crippen LogP contribution in [-0.4, -0.2) is 5.78 Å². The van der Waals surface area contributed by atoms with Gasteiger partial charge in [0.25, 0.3) is 0 Å². The number of benzene rings is 2. The highest BCUT2D eigenvalue weighted by molar-refractivity contribution is 6.09. The molecule has 2 aromatic carbocycles. The fraction of sp³-hybridized carbons (Fsp3) is 0. The molecule has 0 aromatic heterocycles. The second-order valence-corrected chi connectivity index (χ2v) is 3.84.